The molecule has 0 unspecified atom stereocenters. The van der Waals surface area contributed by atoms with Crippen LogP contribution in [-0.4, -0.2) is 19.1 Å². The van der Waals surface area contributed by atoms with Crippen LogP contribution < -0.4 is 14.8 Å². The summed E-state index contributed by atoms with van der Waals surface area (Å²) < 4.78 is 50.1. The molecule has 0 aliphatic carbocycles. The maximum absolute atomic E-state index is 12.9. The van der Waals surface area contributed by atoms with Crippen LogP contribution in [0.25, 0.3) is 6.08 Å². The van der Waals surface area contributed by atoms with Crippen molar-refractivity contribution in [3.63, 3.8) is 0 Å². The smallest absolute Gasteiger partial charge is 0.416 e. The number of nitrogens with one attached hydrogen (secondary N) is 1. The molecule has 0 aliphatic heterocycles. The van der Waals surface area contributed by atoms with E-state index in [9.17, 15) is 23.2 Å². The number of rotatable bonds is 11. The topological polar surface area (TPSA) is 71.3 Å². The molecular formula is C25H27F3N2O3. The number of alkyl halides is 3. The first-order valence-corrected chi connectivity index (χ1v) is 10.8. The molecule has 2 aromatic carbocycles. The zero-order valence-corrected chi connectivity index (χ0v) is 18.7. The molecule has 0 spiro atoms. The van der Waals surface area contributed by atoms with Gasteiger partial charge in [0.25, 0.3) is 5.91 Å². The summed E-state index contributed by atoms with van der Waals surface area (Å²) in [5, 5.41) is 11.8. The predicted octanol–water partition coefficient (Wildman–Crippen LogP) is 6.61. The quantitative estimate of drug-likeness (QED) is 0.233. The number of hydrogen-bond donors (Lipinski definition) is 1. The number of nitriles is 1. The van der Waals surface area contributed by atoms with Gasteiger partial charge in [-0.2, -0.15) is 18.4 Å². The van der Waals surface area contributed by atoms with Crippen molar-refractivity contribution >= 4 is 17.7 Å². The number of hydrogen-bond acceptors (Lipinski definition) is 4. The van der Waals surface area contributed by atoms with Gasteiger partial charge in [-0.25, -0.2) is 0 Å². The molecule has 0 radical (unpaired) electrons. The van der Waals surface area contributed by atoms with Gasteiger partial charge in [-0.3, -0.25) is 4.79 Å². The van der Waals surface area contributed by atoms with E-state index in [2.05, 4.69) is 12.2 Å². The minimum absolute atomic E-state index is 0.0576. The number of unbranched alkanes of at least 4 members (excludes halogenated alkanes) is 3. The van der Waals surface area contributed by atoms with E-state index in [0.717, 1.165) is 37.8 Å². The van der Waals surface area contributed by atoms with Crippen molar-refractivity contribution in [3.05, 3.63) is 59.2 Å². The molecule has 0 atom stereocenters. The molecular weight excluding hydrogens is 433 g/mol. The van der Waals surface area contributed by atoms with Crippen LogP contribution >= 0.6 is 0 Å². The van der Waals surface area contributed by atoms with Crippen molar-refractivity contribution in [2.24, 2.45) is 0 Å². The monoisotopic (exact) mass is 460 g/mol. The van der Waals surface area contributed by atoms with Gasteiger partial charge in [0.2, 0.25) is 0 Å². The normalized spacial score (nSPS) is 11.6. The number of nitrogens with zero attached hydrogens (tertiary/aromatic N) is 1. The number of carbonyl (C=O) groups is 1. The van der Waals surface area contributed by atoms with Crippen molar-refractivity contribution in [2.45, 2.75) is 45.7 Å². The Kier molecular flexibility index (Phi) is 9.80. The lowest BCUT2D eigenvalue weighted by Crippen LogP contribution is -2.14. The Labute approximate surface area is 191 Å². The van der Waals surface area contributed by atoms with Crippen LogP contribution in [0.3, 0.4) is 0 Å². The second-order valence-electron chi connectivity index (χ2n) is 7.25. The first-order chi connectivity index (χ1) is 15.8. The summed E-state index contributed by atoms with van der Waals surface area (Å²) in [6, 6.07) is 11.0. The fourth-order valence-corrected chi connectivity index (χ4v) is 3.00. The zero-order chi connectivity index (χ0) is 24.3. The van der Waals surface area contributed by atoms with Gasteiger partial charge in [0.05, 0.1) is 18.8 Å². The van der Waals surface area contributed by atoms with Crippen molar-refractivity contribution in [3.8, 4) is 17.6 Å². The third-order valence-electron chi connectivity index (χ3n) is 4.65. The third-order valence-corrected chi connectivity index (χ3v) is 4.65. The Balaban J connectivity index is 2.16. The molecule has 0 aliphatic rings. The lowest BCUT2D eigenvalue weighted by Gasteiger charge is -2.13. The van der Waals surface area contributed by atoms with Crippen LogP contribution in [0.15, 0.2) is 48.0 Å². The van der Waals surface area contributed by atoms with Crippen molar-refractivity contribution < 1.29 is 27.4 Å². The van der Waals surface area contributed by atoms with Gasteiger partial charge < -0.3 is 14.8 Å². The highest BCUT2D eigenvalue weighted by Gasteiger charge is 2.30. The summed E-state index contributed by atoms with van der Waals surface area (Å²) in [4.78, 5) is 12.5. The van der Waals surface area contributed by atoms with Crippen molar-refractivity contribution in [2.75, 3.05) is 18.5 Å². The molecule has 5 nitrogen and oxygen atoms in total. The largest absolute Gasteiger partial charge is 0.490 e. The second kappa shape index (κ2) is 12.5. The highest BCUT2D eigenvalue weighted by Crippen LogP contribution is 2.31. The number of ether oxygens (including phenoxy) is 2. The van der Waals surface area contributed by atoms with E-state index in [-0.39, 0.29) is 11.3 Å². The molecule has 8 heteroatoms. The van der Waals surface area contributed by atoms with E-state index in [1.54, 1.807) is 24.3 Å². The second-order valence-corrected chi connectivity index (χ2v) is 7.25. The molecule has 1 N–H and O–H groups in total. The van der Waals surface area contributed by atoms with Crippen LogP contribution in [0.5, 0.6) is 11.5 Å². The SMILES string of the molecule is CCCCCCOc1ccc(/C=C(\C#N)C(=O)Nc2cccc(C(F)(F)F)c2)cc1OCC. The van der Waals surface area contributed by atoms with Crippen LogP contribution in [0.1, 0.15) is 50.7 Å². The van der Waals surface area contributed by atoms with E-state index < -0.39 is 17.6 Å². The van der Waals surface area contributed by atoms with Gasteiger partial charge in [-0.1, -0.05) is 38.3 Å². The maximum atomic E-state index is 12.9. The average molecular weight is 460 g/mol. The summed E-state index contributed by atoms with van der Waals surface area (Å²) in [6.07, 6.45) is 1.09. The number of halogens is 3. The van der Waals surface area contributed by atoms with Crippen LogP contribution in [0, 0.1) is 11.3 Å². The Hall–Kier alpha value is -3.47. The molecule has 2 aromatic rings. The number of benzene rings is 2. The highest BCUT2D eigenvalue weighted by atomic mass is 19.4. The molecule has 1 amide bonds. The molecule has 0 heterocycles. The summed E-state index contributed by atoms with van der Waals surface area (Å²) in [7, 11) is 0. The highest BCUT2D eigenvalue weighted by molar-refractivity contribution is 6.09. The van der Waals surface area contributed by atoms with E-state index >= 15 is 0 Å². The summed E-state index contributed by atoms with van der Waals surface area (Å²) in [5.41, 5.74) is -0.692. The predicted molar refractivity (Wildman–Crippen MR) is 121 cm³/mol. The van der Waals surface area contributed by atoms with Crippen LogP contribution in [-0.2, 0) is 11.0 Å². The standard InChI is InChI=1S/C25H27F3N2O3/c1-3-5-6-7-13-33-22-12-11-18(15-23(22)32-4-2)14-19(17-29)24(31)30-21-10-8-9-20(16-21)25(26,27)28/h8-12,14-16H,3-7,13H2,1-2H3,(H,30,31)/b19-14+. The fraction of sp³-hybridized carbons (Fsp3) is 0.360. The van der Waals surface area contributed by atoms with Gasteiger partial charge in [-0.15, -0.1) is 0 Å². The van der Waals surface area contributed by atoms with Gasteiger partial charge in [0, 0.05) is 5.69 Å². The number of carbonyl (C=O) groups excluding carboxylic acids is 1. The minimum atomic E-state index is -4.54. The first-order valence-electron chi connectivity index (χ1n) is 10.8. The van der Waals surface area contributed by atoms with Crippen LogP contribution in [0.4, 0.5) is 18.9 Å². The molecule has 0 fully saturated rings. The Morgan fingerprint density at radius 2 is 1.85 bits per heavy atom. The molecule has 176 valence electrons. The Morgan fingerprint density at radius 3 is 2.52 bits per heavy atom. The van der Waals surface area contributed by atoms with E-state index in [4.69, 9.17) is 9.47 Å². The minimum Gasteiger partial charge on any atom is -0.490 e. The molecule has 0 bridgehead atoms. The number of amides is 1. The summed E-state index contributed by atoms with van der Waals surface area (Å²) in [5.74, 6) is 0.237. The molecule has 33 heavy (non-hydrogen) atoms. The molecule has 2 rings (SSSR count). The average Bonchev–Trinajstić information content (AvgIpc) is 2.78. The first kappa shape index (κ1) is 25.8. The summed E-state index contributed by atoms with van der Waals surface area (Å²) in [6.45, 7) is 4.92. The molecule has 0 saturated carbocycles. The van der Waals surface area contributed by atoms with E-state index in [0.29, 0.717) is 30.3 Å². The molecule has 0 aromatic heterocycles. The molecule has 0 saturated heterocycles. The maximum Gasteiger partial charge on any atom is 0.416 e. The lowest BCUT2D eigenvalue weighted by molar-refractivity contribution is -0.137. The van der Waals surface area contributed by atoms with Crippen LogP contribution in [0.2, 0.25) is 0 Å². The Bertz CT molecular complexity index is 1010. The van der Waals surface area contributed by atoms with Gasteiger partial charge >= 0.3 is 6.18 Å². The van der Waals surface area contributed by atoms with Gasteiger partial charge in [0.15, 0.2) is 11.5 Å². The van der Waals surface area contributed by atoms with Gasteiger partial charge in [0.1, 0.15) is 11.6 Å². The fourth-order valence-electron chi connectivity index (χ4n) is 3.00. The van der Waals surface area contributed by atoms with Gasteiger partial charge in [-0.05, 0) is 55.3 Å². The van der Waals surface area contributed by atoms with Crippen molar-refractivity contribution in [1.29, 1.82) is 5.26 Å². The zero-order valence-electron chi connectivity index (χ0n) is 18.7. The summed E-state index contributed by atoms with van der Waals surface area (Å²) >= 11 is 0. The third kappa shape index (κ3) is 8.19. The van der Waals surface area contributed by atoms with E-state index in [1.807, 2.05) is 6.92 Å². The van der Waals surface area contributed by atoms with E-state index in [1.165, 1.54) is 18.2 Å². The van der Waals surface area contributed by atoms with Crippen molar-refractivity contribution in [1.82, 2.24) is 0 Å². The Morgan fingerprint density at radius 1 is 1.06 bits per heavy atom. The lowest BCUT2D eigenvalue weighted by atomic mass is 10.1. The number of anilines is 1.